The van der Waals surface area contributed by atoms with Gasteiger partial charge in [-0.3, -0.25) is 4.79 Å². The lowest BCUT2D eigenvalue weighted by atomic mass is 10.2. The van der Waals surface area contributed by atoms with Gasteiger partial charge in [0.25, 0.3) is 0 Å². The van der Waals surface area contributed by atoms with E-state index in [1.165, 1.54) is 0 Å². The van der Waals surface area contributed by atoms with Gasteiger partial charge in [-0.05, 0) is 6.20 Å². The van der Waals surface area contributed by atoms with Gasteiger partial charge in [-0.25, -0.2) is 0 Å². The molecule has 0 saturated carbocycles. The molecule has 0 saturated heterocycles. The average Bonchev–Trinajstić information content (AvgIpc) is 2.12. The quantitative estimate of drug-likeness (QED) is 0.495. The van der Waals surface area contributed by atoms with Crippen molar-refractivity contribution in [2.75, 3.05) is 6.54 Å². The van der Waals surface area contributed by atoms with Gasteiger partial charge >= 0.3 is 5.97 Å². The number of carboxylic acid groups (broad SMARTS) is 1. The van der Waals surface area contributed by atoms with Crippen LogP contribution in [0.1, 0.15) is 0 Å². The molecule has 0 aromatic carbocycles. The van der Waals surface area contributed by atoms with Crippen LogP contribution in [-0.2, 0) is 4.79 Å². The second-order valence-electron chi connectivity index (χ2n) is 1.71. The maximum absolute atomic E-state index is 10.1. The van der Waals surface area contributed by atoms with E-state index >= 15 is 0 Å². The molecule has 0 amide bonds. The van der Waals surface area contributed by atoms with Crippen molar-refractivity contribution in [1.82, 2.24) is 5.32 Å². The molecular weight excluding hydrogens is 106 g/mol. The Hall–Kier alpha value is -0.990. The summed E-state index contributed by atoms with van der Waals surface area (Å²) in [6.07, 6.45) is 3.31. The Kier molecular flexibility index (Phi) is 1.20. The van der Waals surface area contributed by atoms with E-state index in [1.807, 2.05) is 0 Å². The third kappa shape index (κ3) is 0.804. The highest BCUT2D eigenvalue weighted by atomic mass is 16.4. The highest BCUT2D eigenvalue weighted by Gasteiger charge is 2.15. The number of aliphatic carboxylic acids is 1. The number of nitrogens with one attached hydrogen (secondary N) is 1. The Bertz CT molecular complexity index is 130. The normalized spacial score (nSPS) is 25.2. The monoisotopic (exact) mass is 113 g/mol. The third-order valence-corrected chi connectivity index (χ3v) is 1.10. The summed E-state index contributed by atoms with van der Waals surface area (Å²) in [6.45, 7) is 0.537. The molecule has 0 aromatic rings. The number of rotatable bonds is 1. The molecule has 1 atom stereocenters. The molecule has 1 rings (SSSR count). The second-order valence-corrected chi connectivity index (χ2v) is 1.71. The lowest BCUT2D eigenvalue weighted by Gasteiger charge is -1.96. The smallest absolute Gasteiger partial charge is 0.312 e. The Labute approximate surface area is 47.0 Å². The fraction of sp³-hybridized carbons (Fsp3) is 0.400. The van der Waals surface area contributed by atoms with Crippen molar-refractivity contribution in [2.24, 2.45) is 5.92 Å². The van der Waals surface area contributed by atoms with Crippen LogP contribution >= 0.6 is 0 Å². The number of hydrogen-bond acceptors (Lipinski definition) is 2. The van der Waals surface area contributed by atoms with Gasteiger partial charge in [0.15, 0.2) is 0 Å². The largest absolute Gasteiger partial charge is 0.481 e. The first-order valence-electron chi connectivity index (χ1n) is 2.43. The summed E-state index contributed by atoms with van der Waals surface area (Å²) in [5.41, 5.74) is 0. The maximum Gasteiger partial charge on any atom is 0.312 e. The molecule has 1 heterocycles. The first-order valence-corrected chi connectivity index (χ1v) is 2.43. The van der Waals surface area contributed by atoms with Gasteiger partial charge in [0, 0.05) is 6.54 Å². The molecule has 3 heteroatoms. The van der Waals surface area contributed by atoms with Crippen LogP contribution in [0.5, 0.6) is 0 Å². The predicted molar refractivity (Wildman–Crippen MR) is 28.3 cm³/mol. The van der Waals surface area contributed by atoms with Crippen LogP contribution in [0.25, 0.3) is 0 Å². The molecule has 0 fully saturated rings. The zero-order valence-electron chi connectivity index (χ0n) is 4.29. The lowest BCUT2D eigenvalue weighted by molar-refractivity contribution is -0.139. The van der Waals surface area contributed by atoms with Crippen molar-refractivity contribution in [3.05, 3.63) is 12.3 Å². The maximum atomic E-state index is 10.1. The van der Waals surface area contributed by atoms with Crippen LogP contribution < -0.4 is 5.32 Å². The van der Waals surface area contributed by atoms with Crippen LogP contribution in [0.3, 0.4) is 0 Å². The molecule has 1 aliphatic heterocycles. The van der Waals surface area contributed by atoms with Crippen LogP contribution in [0.4, 0.5) is 0 Å². The van der Waals surface area contributed by atoms with Crippen molar-refractivity contribution in [2.45, 2.75) is 0 Å². The zero-order valence-corrected chi connectivity index (χ0v) is 4.29. The van der Waals surface area contributed by atoms with E-state index in [1.54, 1.807) is 12.3 Å². The fourth-order valence-electron chi connectivity index (χ4n) is 0.617. The Morgan fingerprint density at radius 3 is 2.88 bits per heavy atom. The first-order chi connectivity index (χ1) is 3.80. The topological polar surface area (TPSA) is 49.3 Å². The first kappa shape index (κ1) is 5.15. The van der Waals surface area contributed by atoms with E-state index < -0.39 is 5.97 Å². The minimum Gasteiger partial charge on any atom is -0.481 e. The van der Waals surface area contributed by atoms with Gasteiger partial charge < -0.3 is 10.4 Å². The van der Waals surface area contributed by atoms with Gasteiger partial charge in [0.2, 0.25) is 0 Å². The summed E-state index contributed by atoms with van der Waals surface area (Å²) >= 11 is 0. The molecule has 8 heavy (non-hydrogen) atoms. The minimum atomic E-state index is -0.758. The van der Waals surface area contributed by atoms with E-state index in [4.69, 9.17) is 5.11 Å². The second kappa shape index (κ2) is 1.86. The molecule has 1 aliphatic rings. The Morgan fingerprint density at radius 1 is 1.88 bits per heavy atom. The van der Waals surface area contributed by atoms with Crippen molar-refractivity contribution in [3.63, 3.8) is 0 Å². The molecular formula is C5H7NO2. The van der Waals surface area contributed by atoms with Crippen molar-refractivity contribution in [3.8, 4) is 0 Å². The van der Waals surface area contributed by atoms with Gasteiger partial charge in [-0.1, -0.05) is 6.08 Å². The molecule has 3 nitrogen and oxygen atoms in total. The number of carbonyl (C=O) groups is 1. The van der Waals surface area contributed by atoms with E-state index in [-0.39, 0.29) is 5.92 Å². The van der Waals surface area contributed by atoms with Crippen LogP contribution in [-0.4, -0.2) is 17.6 Å². The summed E-state index contributed by atoms with van der Waals surface area (Å²) in [4.78, 5) is 10.1. The van der Waals surface area contributed by atoms with Crippen molar-refractivity contribution < 1.29 is 9.90 Å². The van der Waals surface area contributed by atoms with Gasteiger partial charge in [0.1, 0.15) is 0 Å². The average molecular weight is 113 g/mol. The number of hydrogen-bond donors (Lipinski definition) is 2. The minimum absolute atomic E-state index is 0.310. The molecule has 0 aliphatic carbocycles. The fourth-order valence-corrected chi connectivity index (χ4v) is 0.617. The highest BCUT2D eigenvalue weighted by Crippen LogP contribution is 2.01. The standard InChI is InChI=1S/C5H7NO2/c7-5(8)4-1-2-6-3-4/h1-2,4,6H,3H2,(H,7,8). The van der Waals surface area contributed by atoms with Crippen molar-refractivity contribution in [1.29, 1.82) is 0 Å². The van der Waals surface area contributed by atoms with Crippen LogP contribution in [0.2, 0.25) is 0 Å². The molecule has 44 valence electrons. The van der Waals surface area contributed by atoms with E-state index in [2.05, 4.69) is 5.32 Å². The Balaban J connectivity index is 2.48. The summed E-state index contributed by atoms with van der Waals surface area (Å²) in [6, 6.07) is 0. The SMILES string of the molecule is O=C(O)C1C=CNC1. The molecule has 2 N–H and O–H groups in total. The Morgan fingerprint density at radius 2 is 2.62 bits per heavy atom. The lowest BCUT2D eigenvalue weighted by Crippen LogP contribution is -2.17. The van der Waals surface area contributed by atoms with Crippen LogP contribution in [0.15, 0.2) is 12.3 Å². The van der Waals surface area contributed by atoms with E-state index in [0.29, 0.717) is 6.54 Å². The summed E-state index contributed by atoms with van der Waals surface area (Å²) < 4.78 is 0. The molecule has 1 unspecified atom stereocenters. The summed E-state index contributed by atoms with van der Waals surface area (Å²) in [5.74, 6) is -1.07. The summed E-state index contributed by atoms with van der Waals surface area (Å²) in [7, 11) is 0. The number of carboxylic acids is 1. The molecule has 0 aromatic heterocycles. The molecule has 0 radical (unpaired) electrons. The van der Waals surface area contributed by atoms with E-state index in [0.717, 1.165) is 0 Å². The van der Waals surface area contributed by atoms with Gasteiger partial charge in [0.05, 0.1) is 5.92 Å². The van der Waals surface area contributed by atoms with Gasteiger partial charge in [-0.2, -0.15) is 0 Å². The van der Waals surface area contributed by atoms with Crippen molar-refractivity contribution >= 4 is 5.97 Å². The van der Waals surface area contributed by atoms with E-state index in [9.17, 15) is 4.79 Å². The predicted octanol–water partition coefficient (Wildman–Crippen LogP) is -0.196. The van der Waals surface area contributed by atoms with Crippen LogP contribution in [0, 0.1) is 5.92 Å². The molecule has 0 spiro atoms. The highest BCUT2D eigenvalue weighted by molar-refractivity contribution is 5.72. The third-order valence-electron chi connectivity index (χ3n) is 1.10. The summed E-state index contributed by atoms with van der Waals surface area (Å²) in [5, 5.41) is 11.1. The molecule has 0 bridgehead atoms. The van der Waals surface area contributed by atoms with Gasteiger partial charge in [-0.15, -0.1) is 0 Å². The zero-order chi connectivity index (χ0) is 5.98.